The summed E-state index contributed by atoms with van der Waals surface area (Å²) in [6.45, 7) is 2.00. The first-order chi connectivity index (χ1) is 17.5. The number of methoxy groups -OCH3 is 1. The fraction of sp³-hybridized carbons (Fsp3) is 0.143. The van der Waals surface area contributed by atoms with Crippen molar-refractivity contribution in [3.05, 3.63) is 120 Å². The molecule has 4 rings (SSSR count). The van der Waals surface area contributed by atoms with Crippen molar-refractivity contribution in [1.29, 1.82) is 0 Å². The maximum Gasteiger partial charge on any atom is 0.275 e. The summed E-state index contributed by atoms with van der Waals surface area (Å²) in [6, 6.07) is 19.1. The quantitative estimate of drug-likeness (QED) is 0.382. The predicted octanol–water partition coefficient (Wildman–Crippen LogP) is 4.96. The molecule has 1 N–H and O–H groups in total. The van der Waals surface area contributed by atoms with E-state index in [4.69, 9.17) is 4.74 Å². The second-order valence-corrected chi connectivity index (χ2v) is 8.13. The molecule has 0 radical (unpaired) electrons. The van der Waals surface area contributed by atoms with Crippen LogP contribution < -0.4 is 10.1 Å². The van der Waals surface area contributed by atoms with E-state index in [9.17, 15) is 14.0 Å². The predicted molar refractivity (Wildman–Crippen MR) is 134 cm³/mol. The van der Waals surface area contributed by atoms with Crippen LogP contribution in [0.1, 0.15) is 33.2 Å². The molecule has 0 aliphatic carbocycles. The van der Waals surface area contributed by atoms with Gasteiger partial charge in [-0.05, 0) is 60.0 Å². The number of carbonyl (C=O) groups is 2. The Labute approximate surface area is 208 Å². The monoisotopic (exact) mass is 484 g/mol. The van der Waals surface area contributed by atoms with Gasteiger partial charge in [-0.3, -0.25) is 14.6 Å². The zero-order valence-corrected chi connectivity index (χ0v) is 19.9. The molecule has 36 heavy (non-hydrogen) atoms. The Morgan fingerprint density at radius 3 is 2.36 bits per heavy atom. The van der Waals surface area contributed by atoms with Crippen LogP contribution in [0.15, 0.2) is 91.4 Å². The molecule has 1 atom stereocenters. The van der Waals surface area contributed by atoms with Gasteiger partial charge in [0.15, 0.2) is 0 Å². The Bertz CT molecular complexity index is 1330. The van der Waals surface area contributed by atoms with Gasteiger partial charge >= 0.3 is 0 Å². The molecule has 0 bridgehead atoms. The van der Waals surface area contributed by atoms with Crippen LogP contribution in [0.4, 0.5) is 10.1 Å². The lowest BCUT2D eigenvalue weighted by molar-refractivity contribution is -0.121. The SMILES string of the molecule is COc1ccc(CN(C(=O)c2cnccn2)[C@H](C(=O)Nc2ccc(F)cc2)c2ccccc2C)cc1. The van der Waals surface area contributed by atoms with E-state index in [0.29, 0.717) is 17.0 Å². The minimum atomic E-state index is -1.01. The fourth-order valence-corrected chi connectivity index (χ4v) is 3.85. The molecule has 0 unspecified atom stereocenters. The molecule has 0 spiro atoms. The number of hydrogen-bond acceptors (Lipinski definition) is 5. The van der Waals surface area contributed by atoms with Crippen molar-refractivity contribution >= 4 is 17.5 Å². The van der Waals surface area contributed by atoms with Gasteiger partial charge in [-0.15, -0.1) is 0 Å². The summed E-state index contributed by atoms with van der Waals surface area (Å²) >= 11 is 0. The number of halogens is 1. The number of anilines is 1. The number of carbonyl (C=O) groups excluding carboxylic acids is 2. The van der Waals surface area contributed by atoms with E-state index in [2.05, 4.69) is 15.3 Å². The molecule has 2 amide bonds. The molecule has 182 valence electrons. The van der Waals surface area contributed by atoms with Crippen molar-refractivity contribution in [2.75, 3.05) is 12.4 Å². The van der Waals surface area contributed by atoms with E-state index in [1.807, 2.05) is 43.3 Å². The highest BCUT2D eigenvalue weighted by atomic mass is 19.1. The van der Waals surface area contributed by atoms with Crippen LogP contribution in [0.2, 0.25) is 0 Å². The number of amides is 2. The van der Waals surface area contributed by atoms with Gasteiger partial charge in [0.2, 0.25) is 0 Å². The Hall–Kier alpha value is -4.59. The molecule has 0 aliphatic heterocycles. The van der Waals surface area contributed by atoms with Crippen molar-refractivity contribution < 1.29 is 18.7 Å². The average molecular weight is 485 g/mol. The second-order valence-electron chi connectivity index (χ2n) is 8.13. The van der Waals surface area contributed by atoms with Gasteiger partial charge in [-0.2, -0.15) is 0 Å². The standard InChI is InChI=1S/C28H25FN4O3/c1-19-5-3-4-6-24(19)26(27(34)32-22-11-9-21(29)10-12-22)33(28(35)25-17-30-15-16-31-25)18-20-7-13-23(36-2)14-8-20/h3-17,26H,18H2,1-2H3,(H,32,34)/t26-/m0/s1. The van der Waals surface area contributed by atoms with E-state index in [1.165, 1.54) is 47.8 Å². The van der Waals surface area contributed by atoms with Crippen molar-refractivity contribution in [2.24, 2.45) is 0 Å². The van der Waals surface area contributed by atoms with Gasteiger partial charge in [0.25, 0.3) is 11.8 Å². The Balaban J connectivity index is 1.79. The van der Waals surface area contributed by atoms with Crippen LogP contribution in [-0.2, 0) is 11.3 Å². The number of hydrogen-bond donors (Lipinski definition) is 1. The summed E-state index contributed by atoms with van der Waals surface area (Å²) in [5.74, 6) is -0.638. The van der Waals surface area contributed by atoms with E-state index in [-0.39, 0.29) is 12.2 Å². The molecule has 7 nitrogen and oxygen atoms in total. The second kappa shape index (κ2) is 11.2. The molecule has 1 aromatic heterocycles. The van der Waals surface area contributed by atoms with Crippen molar-refractivity contribution in [1.82, 2.24) is 14.9 Å². The van der Waals surface area contributed by atoms with E-state index >= 15 is 0 Å². The number of nitrogens with zero attached hydrogens (tertiary/aromatic N) is 3. The first-order valence-corrected chi connectivity index (χ1v) is 11.3. The molecule has 3 aromatic carbocycles. The highest BCUT2D eigenvalue weighted by Gasteiger charge is 2.34. The number of ether oxygens (including phenoxy) is 1. The first kappa shape index (κ1) is 24.5. The third-order valence-electron chi connectivity index (χ3n) is 5.71. The van der Waals surface area contributed by atoms with Crippen molar-refractivity contribution in [3.8, 4) is 5.75 Å². The van der Waals surface area contributed by atoms with Crippen LogP contribution in [-0.4, -0.2) is 33.8 Å². The van der Waals surface area contributed by atoms with E-state index in [0.717, 1.165) is 11.1 Å². The fourth-order valence-electron chi connectivity index (χ4n) is 3.85. The van der Waals surface area contributed by atoms with Crippen LogP contribution in [0.3, 0.4) is 0 Å². The summed E-state index contributed by atoms with van der Waals surface area (Å²) in [7, 11) is 1.58. The van der Waals surface area contributed by atoms with Crippen LogP contribution in [0.5, 0.6) is 5.75 Å². The molecule has 1 heterocycles. The zero-order chi connectivity index (χ0) is 25.5. The molecule has 0 saturated carbocycles. The van der Waals surface area contributed by atoms with Crippen LogP contribution >= 0.6 is 0 Å². The largest absolute Gasteiger partial charge is 0.497 e. The number of aromatic nitrogens is 2. The average Bonchev–Trinajstić information content (AvgIpc) is 2.91. The van der Waals surface area contributed by atoms with Crippen molar-refractivity contribution in [2.45, 2.75) is 19.5 Å². The number of aryl methyl sites for hydroxylation is 1. The van der Waals surface area contributed by atoms with Gasteiger partial charge in [0.1, 0.15) is 23.3 Å². The smallest absolute Gasteiger partial charge is 0.275 e. The highest BCUT2D eigenvalue weighted by molar-refractivity contribution is 6.01. The molecule has 4 aromatic rings. The molecule has 0 saturated heterocycles. The van der Waals surface area contributed by atoms with Gasteiger partial charge in [0.05, 0.1) is 13.3 Å². The Kier molecular flexibility index (Phi) is 7.65. The zero-order valence-electron chi connectivity index (χ0n) is 19.9. The third kappa shape index (κ3) is 5.72. The maximum absolute atomic E-state index is 13.8. The van der Waals surface area contributed by atoms with Crippen LogP contribution in [0, 0.1) is 12.7 Å². The third-order valence-corrected chi connectivity index (χ3v) is 5.71. The molecule has 8 heteroatoms. The Morgan fingerprint density at radius 1 is 1.00 bits per heavy atom. The number of rotatable bonds is 8. The molecular weight excluding hydrogens is 459 g/mol. The lowest BCUT2D eigenvalue weighted by atomic mass is 9.97. The van der Waals surface area contributed by atoms with Gasteiger partial charge in [0, 0.05) is 24.6 Å². The summed E-state index contributed by atoms with van der Waals surface area (Å²) in [6.07, 6.45) is 4.28. The topological polar surface area (TPSA) is 84.4 Å². The normalized spacial score (nSPS) is 11.4. The first-order valence-electron chi connectivity index (χ1n) is 11.3. The molecular formula is C28H25FN4O3. The number of nitrogens with one attached hydrogen (secondary N) is 1. The summed E-state index contributed by atoms with van der Waals surface area (Å²) in [5, 5.41) is 2.83. The number of benzene rings is 3. The lowest BCUT2D eigenvalue weighted by Crippen LogP contribution is -2.41. The lowest BCUT2D eigenvalue weighted by Gasteiger charge is -2.32. The van der Waals surface area contributed by atoms with Gasteiger partial charge in [-0.1, -0.05) is 36.4 Å². The summed E-state index contributed by atoms with van der Waals surface area (Å²) < 4.78 is 18.7. The van der Waals surface area contributed by atoms with Crippen molar-refractivity contribution in [3.63, 3.8) is 0 Å². The minimum absolute atomic E-state index is 0.110. The van der Waals surface area contributed by atoms with E-state index < -0.39 is 23.7 Å². The van der Waals surface area contributed by atoms with Crippen LogP contribution in [0.25, 0.3) is 0 Å². The van der Waals surface area contributed by atoms with E-state index in [1.54, 1.807) is 19.2 Å². The van der Waals surface area contributed by atoms with Gasteiger partial charge in [-0.25, -0.2) is 9.37 Å². The molecule has 0 fully saturated rings. The summed E-state index contributed by atoms with van der Waals surface area (Å²) in [5.41, 5.74) is 2.81. The summed E-state index contributed by atoms with van der Waals surface area (Å²) in [4.78, 5) is 37.2. The highest BCUT2D eigenvalue weighted by Crippen LogP contribution is 2.29. The molecule has 0 aliphatic rings. The van der Waals surface area contributed by atoms with Gasteiger partial charge < -0.3 is 15.0 Å². The maximum atomic E-state index is 13.8. The minimum Gasteiger partial charge on any atom is -0.497 e. The Morgan fingerprint density at radius 2 is 1.72 bits per heavy atom.